The minimum atomic E-state index is -0.0976. The molecule has 27 heavy (non-hydrogen) atoms. The lowest BCUT2D eigenvalue weighted by molar-refractivity contribution is 0.190. The van der Waals surface area contributed by atoms with Crippen LogP contribution in [-0.2, 0) is 11.3 Å². The van der Waals surface area contributed by atoms with Gasteiger partial charge in [0.05, 0.1) is 16.6 Å². The highest BCUT2D eigenvalue weighted by molar-refractivity contribution is 5.99. The number of benzene rings is 2. The molecule has 0 radical (unpaired) electrons. The lowest BCUT2D eigenvalue weighted by atomic mass is 10.1. The Bertz CT molecular complexity index is 1010. The summed E-state index contributed by atoms with van der Waals surface area (Å²) < 4.78 is 6.70. The van der Waals surface area contributed by atoms with Crippen molar-refractivity contribution in [2.45, 2.75) is 19.9 Å². The molecule has 0 aliphatic heterocycles. The van der Waals surface area contributed by atoms with Gasteiger partial charge in [-0.2, -0.15) is 5.10 Å². The third-order valence-electron chi connectivity index (χ3n) is 4.24. The second-order valence-electron chi connectivity index (χ2n) is 6.19. The molecule has 7 heteroatoms. The number of hydrazone groups is 1. The summed E-state index contributed by atoms with van der Waals surface area (Å²) in [5.74, 6) is 0.407. The largest absolute Gasteiger partial charge is 0.399 e. The number of fused-ring (bicyclic) bond motifs is 1. The normalized spacial score (nSPS) is 11.7. The van der Waals surface area contributed by atoms with Gasteiger partial charge in [-0.25, -0.2) is 10.4 Å². The molecule has 0 atom stereocenters. The SMILES string of the molecule is COCCCn1c(N/N=C(/C)c2ccc(N)cc2)nc2ccccc2c1=O. The molecule has 1 heterocycles. The Labute approximate surface area is 157 Å². The van der Waals surface area contributed by atoms with Crippen molar-refractivity contribution < 1.29 is 4.74 Å². The van der Waals surface area contributed by atoms with Crippen LogP contribution in [0.4, 0.5) is 11.6 Å². The van der Waals surface area contributed by atoms with E-state index in [-0.39, 0.29) is 5.56 Å². The molecule has 7 nitrogen and oxygen atoms in total. The molecule has 0 spiro atoms. The summed E-state index contributed by atoms with van der Waals surface area (Å²) in [6.45, 7) is 2.93. The zero-order valence-electron chi connectivity index (χ0n) is 15.5. The number of nitrogen functional groups attached to an aromatic ring is 1. The van der Waals surface area contributed by atoms with Gasteiger partial charge in [-0.15, -0.1) is 0 Å². The topological polar surface area (TPSA) is 94.5 Å². The minimum absolute atomic E-state index is 0.0976. The van der Waals surface area contributed by atoms with Gasteiger partial charge in [0, 0.05) is 25.9 Å². The van der Waals surface area contributed by atoms with Crippen molar-refractivity contribution >= 4 is 28.3 Å². The molecule has 1 aromatic heterocycles. The van der Waals surface area contributed by atoms with Gasteiger partial charge in [0.2, 0.25) is 5.95 Å². The van der Waals surface area contributed by atoms with Gasteiger partial charge in [-0.05, 0) is 43.2 Å². The molecule has 0 unspecified atom stereocenters. The fraction of sp³-hybridized carbons (Fsp3) is 0.250. The number of nitrogens with one attached hydrogen (secondary N) is 1. The van der Waals surface area contributed by atoms with E-state index in [4.69, 9.17) is 10.5 Å². The molecule has 3 aromatic rings. The molecule has 3 rings (SSSR count). The molecule has 0 fully saturated rings. The van der Waals surface area contributed by atoms with Crippen molar-refractivity contribution in [2.24, 2.45) is 5.10 Å². The fourth-order valence-corrected chi connectivity index (χ4v) is 2.75. The number of hydrogen-bond donors (Lipinski definition) is 2. The summed E-state index contributed by atoms with van der Waals surface area (Å²) in [5.41, 5.74) is 11.6. The number of anilines is 2. The average Bonchev–Trinajstić information content (AvgIpc) is 2.68. The number of rotatable bonds is 7. The van der Waals surface area contributed by atoms with Crippen LogP contribution in [0.2, 0.25) is 0 Å². The lowest BCUT2D eigenvalue weighted by Crippen LogP contribution is -2.25. The third kappa shape index (κ3) is 4.32. The first-order chi connectivity index (χ1) is 13.1. The van der Waals surface area contributed by atoms with E-state index in [0.29, 0.717) is 42.1 Å². The molecular weight excluding hydrogens is 342 g/mol. The molecule has 0 bridgehead atoms. The zero-order valence-corrected chi connectivity index (χ0v) is 15.5. The minimum Gasteiger partial charge on any atom is -0.399 e. The number of aromatic nitrogens is 2. The highest BCUT2D eigenvalue weighted by Crippen LogP contribution is 2.13. The Morgan fingerprint density at radius 3 is 2.70 bits per heavy atom. The molecule has 140 valence electrons. The third-order valence-corrected chi connectivity index (χ3v) is 4.24. The molecule has 2 aromatic carbocycles. The average molecular weight is 365 g/mol. The summed E-state index contributed by atoms with van der Waals surface area (Å²) in [6.07, 6.45) is 0.700. The van der Waals surface area contributed by atoms with Crippen LogP contribution in [0, 0.1) is 0 Å². The highest BCUT2D eigenvalue weighted by Gasteiger charge is 2.10. The lowest BCUT2D eigenvalue weighted by Gasteiger charge is -2.13. The predicted octanol–water partition coefficient (Wildman–Crippen LogP) is 2.85. The van der Waals surface area contributed by atoms with E-state index >= 15 is 0 Å². The van der Waals surface area contributed by atoms with Crippen LogP contribution in [0.25, 0.3) is 10.9 Å². The van der Waals surface area contributed by atoms with Gasteiger partial charge < -0.3 is 10.5 Å². The Balaban J connectivity index is 1.96. The van der Waals surface area contributed by atoms with Crippen LogP contribution in [0.3, 0.4) is 0 Å². The van der Waals surface area contributed by atoms with E-state index in [9.17, 15) is 4.79 Å². The predicted molar refractivity (Wildman–Crippen MR) is 109 cm³/mol. The van der Waals surface area contributed by atoms with Gasteiger partial charge >= 0.3 is 0 Å². The first kappa shape index (κ1) is 18.6. The van der Waals surface area contributed by atoms with E-state index in [1.807, 2.05) is 49.4 Å². The first-order valence-corrected chi connectivity index (χ1v) is 8.75. The second-order valence-corrected chi connectivity index (χ2v) is 6.19. The molecule has 3 N–H and O–H groups in total. The van der Waals surface area contributed by atoms with E-state index in [0.717, 1.165) is 11.3 Å². The van der Waals surface area contributed by atoms with Crippen molar-refractivity contribution in [3.05, 3.63) is 64.4 Å². The number of nitrogens with two attached hydrogens (primary N) is 1. The number of para-hydroxylation sites is 1. The summed E-state index contributed by atoms with van der Waals surface area (Å²) in [7, 11) is 1.64. The number of methoxy groups -OCH3 is 1. The van der Waals surface area contributed by atoms with Crippen LogP contribution >= 0.6 is 0 Å². The van der Waals surface area contributed by atoms with Gasteiger partial charge in [0.15, 0.2) is 0 Å². The quantitative estimate of drug-likeness (QED) is 0.291. The van der Waals surface area contributed by atoms with Gasteiger partial charge in [-0.3, -0.25) is 9.36 Å². The molecular formula is C20H23N5O2. The highest BCUT2D eigenvalue weighted by atomic mass is 16.5. The second kappa shape index (κ2) is 8.46. The van der Waals surface area contributed by atoms with Crippen LogP contribution in [-0.4, -0.2) is 29.0 Å². The molecule has 0 aliphatic rings. The van der Waals surface area contributed by atoms with Crippen molar-refractivity contribution in [1.29, 1.82) is 0 Å². The Morgan fingerprint density at radius 2 is 1.96 bits per heavy atom. The maximum absolute atomic E-state index is 12.9. The van der Waals surface area contributed by atoms with Crippen LogP contribution in [0.5, 0.6) is 0 Å². The van der Waals surface area contributed by atoms with Crippen LogP contribution < -0.4 is 16.7 Å². The summed E-state index contributed by atoms with van der Waals surface area (Å²) in [4.78, 5) is 17.5. The molecule has 0 aliphatic carbocycles. The van der Waals surface area contributed by atoms with Crippen molar-refractivity contribution in [1.82, 2.24) is 9.55 Å². The van der Waals surface area contributed by atoms with Crippen LogP contribution in [0.1, 0.15) is 18.9 Å². The molecule has 0 saturated carbocycles. The Morgan fingerprint density at radius 1 is 1.22 bits per heavy atom. The van der Waals surface area contributed by atoms with E-state index in [1.54, 1.807) is 17.7 Å². The summed E-state index contributed by atoms with van der Waals surface area (Å²) in [5, 5.41) is 4.99. The van der Waals surface area contributed by atoms with Gasteiger partial charge in [-0.1, -0.05) is 24.3 Å². The van der Waals surface area contributed by atoms with Crippen LogP contribution in [0.15, 0.2) is 58.4 Å². The smallest absolute Gasteiger partial charge is 0.262 e. The fourth-order valence-electron chi connectivity index (χ4n) is 2.75. The number of hydrogen-bond acceptors (Lipinski definition) is 6. The number of nitrogens with zero attached hydrogens (tertiary/aromatic N) is 3. The Kier molecular flexibility index (Phi) is 5.83. The Hall–Kier alpha value is -3.19. The first-order valence-electron chi connectivity index (χ1n) is 8.75. The molecule has 0 saturated heterocycles. The van der Waals surface area contributed by atoms with Crippen molar-refractivity contribution in [2.75, 3.05) is 24.9 Å². The maximum Gasteiger partial charge on any atom is 0.262 e. The number of ether oxygens (including phenoxy) is 1. The maximum atomic E-state index is 12.9. The summed E-state index contributed by atoms with van der Waals surface area (Å²) >= 11 is 0. The van der Waals surface area contributed by atoms with E-state index < -0.39 is 0 Å². The van der Waals surface area contributed by atoms with E-state index in [1.165, 1.54) is 0 Å². The van der Waals surface area contributed by atoms with E-state index in [2.05, 4.69) is 15.5 Å². The standard InChI is InChI=1S/C20H23N5O2/c1-14(15-8-10-16(21)11-9-15)23-24-20-22-18-7-4-3-6-17(18)19(26)25(20)12-5-13-27-2/h3-4,6-11H,5,12-13,21H2,1-2H3,(H,22,24)/b23-14-. The van der Waals surface area contributed by atoms with Gasteiger partial charge in [0.25, 0.3) is 5.56 Å². The zero-order chi connectivity index (χ0) is 19.2. The van der Waals surface area contributed by atoms with Gasteiger partial charge in [0.1, 0.15) is 0 Å². The van der Waals surface area contributed by atoms with Crippen molar-refractivity contribution in [3.8, 4) is 0 Å². The molecule has 0 amide bonds. The van der Waals surface area contributed by atoms with Crippen molar-refractivity contribution in [3.63, 3.8) is 0 Å². The summed E-state index contributed by atoms with van der Waals surface area (Å²) in [6, 6.07) is 14.7. The monoisotopic (exact) mass is 365 g/mol.